The van der Waals surface area contributed by atoms with Crippen LogP contribution in [0.15, 0.2) is 35.5 Å². The lowest BCUT2D eigenvalue weighted by Crippen LogP contribution is -2.35. The minimum absolute atomic E-state index is 0.0796. The molecule has 25 heavy (non-hydrogen) atoms. The van der Waals surface area contributed by atoms with E-state index in [2.05, 4.69) is 9.97 Å². The first kappa shape index (κ1) is 17.7. The standard InChI is InChI=1S/C15H17F3N4O2S/c16-15(17,18)12-8-11(3-4-13(12)25(19,23)24)22-7-1-2-10(9-22)14-20-5-6-21-14/h3-6,8,10H,1-2,7,9H2,(H,20,21)(H2,19,23,24). The van der Waals surface area contributed by atoms with Crippen LogP contribution in [0.3, 0.4) is 0 Å². The van der Waals surface area contributed by atoms with E-state index in [1.54, 1.807) is 17.3 Å². The average Bonchev–Trinajstić information content (AvgIpc) is 3.07. The van der Waals surface area contributed by atoms with Gasteiger partial charge in [0.15, 0.2) is 0 Å². The van der Waals surface area contributed by atoms with E-state index in [0.29, 0.717) is 18.8 Å². The maximum absolute atomic E-state index is 13.3. The Labute approximate surface area is 142 Å². The molecule has 1 unspecified atom stereocenters. The third-order valence-corrected chi connectivity index (χ3v) is 5.24. The van der Waals surface area contributed by atoms with Gasteiger partial charge in [-0.15, -0.1) is 0 Å². The molecule has 2 heterocycles. The molecule has 0 saturated carbocycles. The smallest absolute Gasteiger partial charge is 0.371 e. The van der Waals surface area contributed by atoms with Gasteiger partial charge in [-0.1, -0.05) is 0 Å². The van der Waals surface area contributed by atoms with Crippen molar-refractivity contribution in [3.8, 4) is 0 Å². The van der Waals surface area contributed by atoms with Crippen LogP contribution in [0.2, 0.25) is 0 Å². The van der Waals surface area contributed by atoms with Crippen molar-refractivity contribution in [3.63, 3.8) is 0 Å². The molecule has 6 nitrogen and oxygen atoms in total. The Morgan fingerprint density at radius 3 is 2.68 bits per heavy atom. The highest BCUT2D eigenvalue weighted by atomic mass is 32.2. The van der Waals surface area contributed by atoms with E-state index in [4.69, 9.17) is 5.14 Å². The van der Waals surface area contributed by atoms with E-state index in [1.165, 1.54) is 6.07 Å². The zero-order valence-electron chi connectivity index (χ0n) is 13.1. The fraction of sp³-hybridized carbons (Fsp3) is 0.400. The van der Waals surface area contributed by atoms with Crippen molar-refractivity contribution in [2.24, 2.45) is 5.14 Å². The second-order valence-electron chi connectivity index (χ2n) is 5.98. The number of piperidine rings is 1. The Hall–Kier alpha value is -2.07. The monoisotopic (exact) mass is 374 g/mol. The fourth-order valence-corrected chi connectivity index (χ4v) is 3.86. The molecule has 0 spiro atoms. The van der Waals surface area contributed by atoms with Gasteiger partial charge in [-0.05, 0) is 31.0 Å². The predicted molar refractivity (Wildman–Crippen MR) is 85.6 cm³/mol. The zero-order chi connectivity index (χ0) is 18.2. The van der Waals surface area contributed by atoms with Gasteiger partial charge in [-0.2, -0.15) is 13.2 Å². The summed E-state index contributed by atoms with van der Waals surface area (Å²) in [6.45, 7) is 1.09. The number of nitrogens with zero attached hydrogens (tertiary/aromatic N) is 2. The minimum Gasteiger partial charge on any atom is -0.371 e. The van der Waals surface area contributed by atoms with E-state index in [0.717, 1.165) is 30.8 Å². The maximum atomic E-state index is 13.3. The molecule has 0 amide bonds. The molecular weight excluding hydrogens is 357 g/mol. The van der Waals surface area contributed by atoms with Crippen molar-refractivity contribution < 1.29 is 21.6 Å². The molecule has 1 aromatic heterocycles. The summed E-state index contributed by atoms with van der Waals surface area (Å²) >= 11 is 0. The number of alkyl halides is 3. The van der Waals surface area contributed by atoms with Crippen LogP contribution >= 0.6 is 0 Å². The van der Waals surface area contributed by atoms with Crippen LogP contribution in [0.1, 0.15) is 30.1 Å². The molecular formula is C15H17F3N4O2S. The normalized spacial score (nSPS) is 19.2. The Morgan fingerprint density at radius 2 is 2.08 bits per heavy atom. The number of benzene rings is 1. The lowest BCUT2D eigenvalue weighted by Gasteiger charge is -2.34. The number of imidazole rings is 1. The van der Waals surface area contributed by atoms with Crippen LogP contribution in [-0.2, 0) is 16.2 Å². The number of aromatic nitrogens is 2. The number of hydrogen-bond acceptors (Lipinski definition) is 4. The second kappa shape index (κ2) is 6.34. The first-order valence-corrected chi connectivity index (χ1v) is 9.19. The maximum Gasteiger partial charge on any atom is 0.417 e. The quantitative estimate of drug-likeness (QED) is 0.863. The number of anilines is 1. The van der Waals surface area contributed by atoms with E-state index in [-0.39, 0.29) is 5.92 Å². The number of rotatable bonds is 3. The van der Waals surface area contributed by atoms with Crippen molar-refractivity contribution in [1.29, 1.82) is 0 Å². The lowest BCUT2D eigenvalue weighted by molar-refractivity contribution is -0.139. The summed E-state index contributed by atoms with van der Waals surface area (Å²) in [5.41, 5.74) is -0.927. The molecule has 10 heteroatoms. The summed E-state index contributed by atoms with van der Waals surface area (Å²) in [6.07, 6.45) is 0.205. The van der Waals surface area contributed by atoms with E-state index < -0.39 is 26.7 Å². The Morgan fingerprint density at radius 1 is 1.32 bits per heavy atom. The third kappa shape index (κ3) is 3.79. The van der Waals surface area contributed by atoms with E-state index >= 15 is 0 Å². The van der Waals surface area contributed by atoms with Crippen molar-refractivity contribution in [3.05, 3.63) is 42.0 Å². The first-order chi connectivity index (χ1) is 11.7. The van der Waals surface area contributed by atoms with Crippen molar-refractivity contribution in [2.45, 2.75) is 29.8 Å². The Bertz CT molecular complexity index is 850. The van der Waals surface area contributed by atoms with E-state index in [1.807, 2.05) is 0 Å². The molecule has 1 aliphatic heterocycles. The highest BCUT2D eigenvalue weighted by molar-refractivity contribution is 7.89. The van der Waals surface area contributed by atoms with Gasteiger partial charge in [0, 0.05) is 37.1 Å². The van der Waals surface area contributed by atoms with Crippen LogP contribution in [0.5, 0.6) is 0 Å². The minimum atomic E-state index is -4.81. The van der Waals surface area contributed by atoms with Gasteiger partial charge in [-0.25, -0.2) is 18.5 Å². The first-order valence-electron chi connectivity index (χ1n) is 7.64. The molecule has 1 aliphatic rings. The number of nitrogens with one attached hydrogen (secondary N) is 1. The Kier molecular flexibility index (Phi) is 4.50. The molecule has 1 aromatic carbocycles. The van der Waals surface area contributed by atoms with Gasteiger partial charge >= 0.3 is 6.18 Å². The van der Waals surface area contributed by atoms with Crippen LogP contribution in [0.4, 0.5) is 18.9 Å². The Balaban J connectivity index is 1.95. The molecule has 0 bridgehead atoms. The summed E-state index contributed by atoms with van der Waals surface area (Å²) in [4.78, 5) is 8.13. The van der Waals surface area contributed by atoms with E-state index in [9.17, 15) is 21.6 Å². The largest absolute Gasteiger partial charge is 0.417 e. The van der Waals surface area contributed by atoms with Crippen LogP contribution in [0, 0.1) is 0 Å². The predicted octanol–water partition coefficient (Wildman–Crippen LogP) is 2.46. The summed E-state index contributed by atoms with van der Waals surface area (Å²) < 4.78 is 62.7. The van der Waals surface area contributed by atoms with Crippen LogP contribution in [0.25, 0.3) is 0 Å². The van der Waals surface area contributed by atoms with Gasteiger partial charge in [0.1, 0.15) is 5.82 Å². The number of hydrogen-bond donors (Lipinski definition) is 2. The molecule has 1 saturated heterocycles. The summed E-state index contributed by atoms with van der Waals surface area (Å²) in [7, 11) is -4.46. The lowest BCUT2D eigenvalue weighted by atomic mass is 9.96. The van der Waals surface area contributed by atoms with Gasteiger partial charge in [0.05, 0.1) is 10.5 Å². The molecule has 1 atom stereocenters. The number of aromatic amines is 1. The number of sulfonamides is 1. The molecule has 3 N–H and O–H groups in total. The molecule has 0 radical (unpaired) electrons. The third-order valence-electron chi connectivity index (χ3n) is 4.27. The number of halogens is 3. The SMILES string of the molecule is NS(=O)(=O)c1ccc(N2CCCC(c3ncc[nH]3)C2)cc1C(F)(F)F. The second-order valence-corrected chi connectivity index (χ2v) is 7.51. The highest BCUT2D eigenvalue weighted by Gasteiger charge is 2.37. The summed E-state index contributed by atoms with van der Waals surface area (Å²) in [5, 5.41) is 4.92. The van der Waals surface area contributed by atoms with Gasteiger partial charge in [0.2, 0.25) is 10.0 Å². The van der Waals surface area contributed by atoms with Crippen molar-refractivity contribution >= 4 is 15.7 Å². The molecule has 136 valence electrons. The van der Waals surface area contributed by atoms with Crippen LogP contribution < -0.4 is 10.0 Å². The van der Waals surface area contributed by atoms with Gasteiger partial charge in [-0.3, -0.25) is 0 Å². The summed E-state index contributed by atoms with van der Waals surface area (Å²) in [5.74, 6) is 0.873. The molecule has 3 rings (SSSR count). The van der Waals surface area contributed by atoms with Crippen molar-refractivity contribution in [2.75, 3.05) is 18.0 Å². The van der Waals surface area contributed by atoms with Gasteiger partial charge in [0.25, 0.3) is 0 Å². The number of nitrogens with two attached hydrogens (primary N) is 1. The highest BCUT2D eigenvalue weighted by Crippen LogP contribution is 2.37. The molecule has 1 fully saturated rings. The fourth-order valence-electron chi connectivity index (χ4n) is 3.12. The average molecular weight is 374 g/mol. The zero-order valence-corrected chi connectivity index (χ0v) is 13.9. The molecule has 0 aliphatic carbocycles. The number of H-pyrrole nitrogens is 1. The topological polar surface area (TPSA) is 92.1 Å². The van der Waals surface area contributed by atoms with Crippen molar-refractivity contribution in [1.82, 2.24) is 9.97 Å². The number of primary sulfonamides is 1. The van der Waals surface area contributed by atoms with Crippen LogP contribution in [-0.4, -0.2) is 31.5 Å². The molecule has 2 aromatic rings. The van der Waals surface area contributed by atoms with Gasteiger partial charge < -0.3 is 9.88 Å². The summed E-state index contributed by atoms with van der Waals surface area (Å²) in [6, 6.07) is 3.13.